The van der Waals surface area contributed by atoms with Crippen LogP contribution in [0.5, 0.6) is 0 Å². The van der Waals surface area contributed by atoms with E-state index in [1.165, 1.54) is 11.8 Å². The zero-order chi connectivity index (χ0) is 14.4. The minimum absolute atomic E-state index is 0.0747. The molecule has 0 unspecified atom stereocenters. The van der Waals surface area contributed by atoms with Crippen molar-refractivity contribution < 1.29 is 14.7 Å². The molecule has 1 aromatic carbocycles. The second-order valence-electron chi connectivity index (χ2n) is 4.08. The lowest BCUT2D eigenvalue weighted by Gasteiger charge is -2.02. The highest BCUT2D eigenvalue weighted by Gasteiger charge is 2.07. The summed E-state index contributed by atoms with van der Waals surface area (Å²) < 4.78 is 1.98. The first-order valence-corrected chi connectivity index (χ1v) is 7.92. The van der Waals surface area contributed by atoms with Crippen molar-refractivity contribution in [2.24, 2.45) is 0 Å². The number of para-hydroxylation sites is 1. The fourth-order valence-corrected chi connectivity index (χ4v) is 3.46. The van der Waals surface area contributed by atoms with E-state index >= 15 is 0 Å². The van der Waals surface area contributed by atoms with Gasteiger partial charge in [-0.15, -0.1) is 11.3 Å². The number of carbonyl (C=O) groups excluding carboxylic acids is 1. The molecule has 0 aliphatic carbocycles. The Morgan fingerprint density at radius 3 is 2.90 bits per heavy atom. The third-order valence-corrected chi connectivity index (χ3v) is 4.67. The van der Waals surface area contributed by atoms with E-state index in [4.69, 9.17) is 5.11 Å². The van der Waals surface area contributed by atoms with E-state index < -0.39 is 5.97 Å². The van der Waals surface area contributed by atoms with Gasteiger partial charge in [0.15, 0.2) is 4.34 Å². The largest absolute Gasteiger partial charge is 0.481 e. The van der Waals surface area contributed by atoms with Gasteiger partial charge in [0.05, 0.1) is 16.0 Å². The number of nitrogens with one attached hydrogen (secondary N) is 1. The maximum atomic E-state index is 11.6. The van der Waals surface area contributed by atoms with Crippen molar-refractivity contribution in [2.45, 2.75) is 17.2 Å². The first-order chi connectivity index (χ1) is 9.65. The number of aromatic nitrogens is 1. The van der Waals surface area contributed by atoms with Crippen LogP contribution in [0, 0.1) is 0 Å². The second-order valence-corrected chi connectivity index (χ2v) is 6.34. The van der Waals surface area contributed by atoms with Crippen LogP contribution in [0.3, 0.4) is 0 Å². The van der Waals surface area contributed by atoms with Gasteiger partial charge < -0.3 is 10.4 Å². The molecule has 7 heteroatoms. The van der Waals surface area contributed by atoms with Crippen LogP contribution in [0.4, 0.5) is 0 Å². The van der Waals surface area contributed by atoms with Crippen LogP contribution >= 0.6 is 23.1 Å². The standard InChI is InChI=1S/C13H14N2O3S2/c16-11(14-7-3-6-12(17)18)8-19-13-15-9-4-1-2-5-10(9)20-13/h1-2,4-5H,3,6-8H2,(H,14,16)(H,17,18). The number of carboxylic acids is 1. The smallest absolute Gasteiger partial charge is 0.303 e. The predicted molar refractivity (Wildman–Crippen MR) is 80.2 cm³/mol. The van der Waals surface area contributed by atoms with Crippen LogP contribution in [0.15, 0.2) is 28.6 Å². The maximum absolute atomic E-state index is 11.6. The number of fused-ring (bicyclic) bond motifs is 1. The SMILES string of the molecule is O=C(O)CCCNC(=O)CSc1nc2ccccc2s1. The van der Waals surface area contributed by atoms with Crippen molar-refractivity contribution in [3.63, 3.8) is 0 Å². The molecule has 0 radical (unpaired) electrons. The molecule has 0 saturated heterocycles. The molecule has 5 nitrogen and oxygen atoms in total. The lowest BCUT2D eigenvalue weighted by atomic mass is 10.3. The number of amides is 1. The predicted octanol–water partition coefficient (Wildman–Crippen LogP) is 2.37. The quantitative estimate of drug-likeness (QED) is 0.606. The normalized spacial score (nSPS) is 10.6. The Balaban J connectivity index is 1.74. The van der Waals surface area contributed by atoms with Crippen molar-refractivity contribution in [3.05, 3.63) is 24.3 Å². The Labute approximate surface area is 124 Å². The number of thioether (sulfide) groups is 1. The van der Waals surface area contributed by atoms with Crippen molar-refractivity contribution in [1.29, 1.82) is 0 Å². The first-order valence-electron chi connectivity index (χ1n) is 6.12. The molecular formula is C13H14N2O3S2. The van der Waals surface area contributed by atoms with Gasteiger partial charge >= 0.3 is 5.97 Å². The topological polar surface area (TPSA) is 79.3 Å². The summed E-state index contributed by atoms with van der Waals surface area (Å²) >= 11 is 2.96. The van der Waals surface area contributed by atoms with Crippen LogP contribution in [0.2, 0.25) is 0 Å². The number of carbonyl (C=O) groups is 2. The highest BCUT2D eigenvalue weighted by atomic mass is 32.2. The van der Waals surface area contributed by atoms with Gasteiger partial charge in [0.25, 0.3) is 0 Å². The Morgan fingerprint density at radius 1 is 1.35 bits per heavy atom. The van der Waals surface area contributed by atoms with E-state index in [9.17, 15) is 9.59 Å². The number of thiazole rings is 1. The van der Waals surface area contributed by atoms with Gasteiger partial charge in [0.2, 0.25) is 5.91 Å². The van der Waals surface area contributed by atoms with Crippen molar-refractivity contribution in [2.75, 3.05) is 12.3 Å². The summed E-state index contributed by atoms with van der Waals surface area (Å²) in [7, 11) is 0. The summed E-state index contributed by atoms with van der Waals surface area (Å²) in [6, 6.07) is 7.85. The van der Waals surface area contributed by atoms with Gasteiger partial charge in [0, 0.05) is 13.0 Å². The molecule has 0 spiro atoms. The number of benzene rings is 1. The van der Waals surface area contributed by atoms with Crippen LogP contribution in [-0.2, 0) is 9.59 Å². The number of nitrogens with zero attached hydrogens (tertiary/aromatic N) is 1. The second kappa shape index (κ2) is 7.25. The number of rotatable bonds is 7. The van der Waals surface area contributed by atoms with Gasteiger partial charge in [-0.3, -0.25) is 9.59 Å². The summed E-state index contributed by atoms with van der Waals surface area (Å²) in [6.45, 7) is 0.394. The maximum Gasteiger partial charge on any atom is 0.303 e. The van der Waals surface area contributed by atoms with E-state index in [2.05, 4.69) is 10.3 Å². The number of carboxylic acid groups (broad SMARTS) is 1. The molecule has 1 aromatic heterocycles. The van der Waals surface area contributed by atoms with Crippen LogP contribution in [0.1, 0.15) is 12.8 Å². The molecule has 0 saturated carbocycles. The Hall–Kier alpha value is -1.60. The fourth-order valence-electron chi connectivity index (χ4n) is 1.56. The fraction of sp³-hybridized carbons (Fsp3) is 0.308. The van der Waals surface area contributed by atoms with E-state index in [1.807, 2.05) is 24.3 Å². The Bertz CT molecular complexity index is 579. The van der Waals surface area contributed by atoms with Gasteiger partial charge in [-0.1, -0.05) is 23.9 Å². The highest BCUT2D eigenvalue weighted by Crippen LogP contribution is 2.28. The lowest BCUT2D eigenvalue weighted by Crippen LogP contribution is -2.26. The van der Waals surface area contributed by atoms with E-state index in [0.717, 1.165) is 14.6 Å². The molecule has 2 rings (SSSR count). The monoisotopic (exact) mass is 310 g/mol. The van der Waals surface area contributed by atoms with Crippen LogP contribution in [-0.4, -0.2) is 34.3 Å². The zero-order valence-electron chi connectivity index (χ0n) is 10.7. The van der Waals surface area contributed by atoms with Gasteiger partial charge in [-0.05, 0) is 18.6 Å². The molecule has 0 bridgehead atoms. The highest BCUT2D eigenvalue weighted by molar-refractivity contribution is 8.01. The minimum Gasteiger partial charge on any atom is -0.481 e. The lowest BCUT2D eigenvalue weighted by molar-refractivity contribution is -0.137. The zero-order valence-corrected chi connectivity index (χ0v) is 12.3. The summed E-state index contributed by atoms with van der Waals surface area (Å²) in [6.07, 6.45) is 0.526. The number of hydrogen-bond donors (Lipinski definition) is 2. The molecule has 106 valence electrons. The molecule has 0 aliphatic heterocycles. The van der Waals surface area contributed by atoms with Gasteiger partial charge in [-0.2, -0.15) is 0 Å². The first kappa shape index (κ1) is 14.8. The summed E-state index contributed by atoms with van der Waals surface area (Å²) in [5.74, 6) is -0.643. The average Bonchev–Trinajstić information content (AvgIpc) is 2.84. The summed E-state index contributed by atoms with van der Waals surface area (Å²) in [5.41, 5.74) is 0.946. The van der Waals surface area contributed by atoms with Crippen molar-refractivity contribution in [3.8, 4) is 0 Å². The third-order valence-electron chi connectivity index (χ3n) is 2.49. The van der Waals surface area contributed by atoms with Crippen molar-refractivity contribution in [1.82, 2.24) is 10.3 Å². The van der Waals surface area contributed by atoms with Gasteiger partial charge in [-0.25, -0.2) is 4.98 Å². The van der Waals surface area contributed by atoms with Crippen LogP contribution in [0.25, 0.3) is 10.2 Å². The number of aliphatic carboxylic acids is 1. The van der Waals surface area contributed by atoms with E-state index in [1.54, 1.807) is 11.3 Å². The third kappa shape index (κ3) is 4.50. The average molecular weight is 310 g/mol. The number of hydrogen-bond acceptors (Lipinski definition) is 5. The molecule has 2 aromatic rings. The van der Waals surface area contributed by atoms with Gasteiger partial charge in [0.1, 0.15) is 0 Å². The molecule has 1 amide bonds. The van der Waals surface area contributed by atoms with Crippen molar-refractivity contribution >= 4 is 45.2 Å². The molecule has 1 heterocycles. The molecular weight excluding hydrogens is 296 g/mol. The molecule has 20 heavy (non-hydrogen) atoms. The summed E-state index contributed by atoms with van der Waals surface area (Å²) in [5, 5.41) is 11.2. The Morgan fingerprint density at radius 2 is 2.15 bits per heavy atom. The van der Waals surface area contributed by atoms with E-state index in [-0.39, 0.29) is 12.3 Å². The molecule has 0 atom stereocenters. The molecule has 0 aliphatic rings. The summed E-state index contributed by atoms with van der Waals surface area (Å²) in [4.78, 5) is 26.3. The Kier molecular flexibility index (Phi) is 5.37. The minimum atomic E-state index is -0.844. The van der Waals surface area contributed by atoms with E-state index in [0.29, 0.717) is 18.7 Å². The molecule has 2 N–H and O–H groups in total. The van der Waals surface area contributed by atoms with Crippen LogP contribution < -0.4 is 5.32 Å². The molecule has 0 fully saturated rings.